The average Bonchev–Trinajstić information content (AvgIpc) is 2.29. The van der Waals surface area contributed by atoms with E-state index in [1.165, 1.54) is 18.2 Å². The van der Waals surface area contributed by atoms with E-state index in [1.807, 2.05) is 0 Å². The number of benzene rings is 1. The first kappa shape index (κ1) is 13.3. The Hall–Kier alpha value is -1.73. The second-order valence-electron chi connectivity index (χ2n) is 3.00. The zero-order valence-corrected chi connectivity index (χ0v) is 9.76. The molecule has 90 valence electrons. The summed E-state index contributed by atoms with van der Waals surface area (Å²) in [7, 11) is 0. The molecule has 0 radical (unpaired) electrons. The number of anilines is 1. The number of carbonyl (C=O) groups is 1. The first-order valence-electron chi connectivity index (χ1n) is 4.93. The molecule has 0 unspecified atom stereocenters. The van der Waals surface area contributed by atoms with Gasteiger partial charge in [-0.15, -0.1) is 11.6 Å². The van der Waals surface area contributed by atoms with Gasteiger partial charge in [-0.1, -0.05) is 17.9 Å². The van der Waals surface area contributed by atoms with Crippen molar-refractivity contribution in [3.8, 4) is 11.8 Å². The van der Waals surface area contributed by atoms with Crippen LogP contribution in [0, 0.1) is 17.7 Å². The van der Waals surface area contributed by atoms with Crippen LogP contribution in [0.25, 0.3) is 0 Å². The Morgan fingerprint density at radius 2 is 2.29 bits per heavy atom. The Kier molecular flexibility index (Phi) is 5.91. The summed E-state index contributed by atoms with van der Waals surface area (Å²) in [6.45, 7) is -0.0158. The summed E-state index contributed by atoms with van der Waals surface area (Å²) in [5.74, 6) is 5.36. The van der Waals surface area contributed by atoms with Crippen molar-refractivity contribution < 1.29 is 13.9 Å². The van der Waals surface area contributed by atoms with Crippen LogP contribution in [-0.4, -0.2) is 18.6 Å². The van der Waals surface area contributed by atoms with Crippen LogP contribution in [0.4, 0.5) is 14.9 Å². The van der Waals surface area contributed by atoms with Gasteiger partial charge in [0.1, 0.15) is 5.82 Å². The highest BCUT2D eigenvalue weighted by molar-refractivity contribution is 6.18. The number of amides is 1. The number of nitrogens with one attached hydrogen (secondary N) is 1. The van der Waals surface area contributed by atoms with Gasteiger partial charge in [0, 0.05) is 18.0 Å². The number of ether oxygens (including phenoxy) is 1. The second kappa shape index (κ2) is 7.53. The fourth-order valence-electron chi connectivity index (χ4n) is 1.01. The Balaban J connectivity index is 2.33. The highest BCUT2D eigenvalue weighted by atomic mass is 35.5. The summed E-state index contributed by atoms with van der Waals surface area (Å²) in [6.07, 6.45) is -0.119. The maximum Gasteiger partial charge on any atom is 0.412 e. The third kappa shape index (κ3) is 5.79. The Morgan fingerprint density at radius 1 is 1.47 bits per heavy atom. The first-order valence-corrected chi connectivity index (χ1v) is 5.47. The molecular weight excluding hydrogens is 245 g/mol. The van der Waals surface area contributed by atoms with Gasteiger partial charge in [0.05, 0.1) is 0 Å². The SMILES string of the molecule is O=C(Nc1cccc(F)c1)OCC#CCCCl. The summed E-state index contributed by atoms with van der Waals surface area (Å²) < 4.78 is 17.5. The Bertz CT molecular complexity index is 440. The van der Waals surface area contributed by atoms with Crippen LogP contribution in [0.2, 0.25) is 0 Å². The minimum absolute atomic E-state index is 0.0158. The van der Waals surface area contributed by atoms with Gasteiger partial charge in [0.15, 0.2) is 6.61 Å². The summed E-state index contributed by atoms with van der Waals surface area (Å²) >= 11 is 5.41. The quantitative estimate of drug-likeness (QED) is 0.666. The molecule has 5 heteroatoms. The molecule has 0 fully saturated rings. The molecule has 0 saturated heterocycles. The highest BCUT2D eigenvalue weighted by Crippen LogP contribution is 2.08. The van der Waals surface area contributed by atoms with Gasteiger partial charge in [0.25, 0.3) is 0 Å². The molecule has 0 bridgehead atoms. The predicted octanol–water partition coefficient (Wildman–Crippen LogP) is 3.01. The third-order valence-electron chi connectivity index (χ3n) is 1.69. The van der Waals surface area contributed by atoms with Gasteiger partial charge >= 0.3 is 6.09 Å². The van der Waals surface area contributed by atoms with E-state index in [4.69, 9.17) is 16.3 Å². The lowest BCUT2D eigenvalue weighted by atomic mass is 10.3. The summed E-state index contributed by atoms with van der Waals surface area (Å²) in [4.78, 5) is 11.2. The van der Waals surface area contributed by atoms with Crippen molar-refractivity contribution in [2.45, 2.75) is 6.42 Å². The normalized spacial score (nSPS) is 9.06. The van der Waals surface area contributed by atoms with E-state index in [2.05, 4.69) is 17.2 Å². The number of hydrogen-bond donors (Lipinski definition) is 1. The highest BCUT2D eigenvalue weighted by Gasteiger charge is 2.02. The molecule has 1 aromatic rings. The largest absolute Gasteiger partial charge is 0.436 e. The van der Waals surface area contributed by atoms with Crippen molar-refractivity contribution in [2.24, 2.45) is 0 Å². The van der Waals surface area contributed by atoms with Crippen LogP contribution in [0.3, 0.4) is 0 Å². The molecule has 0 aliphatic rings. The molecule has 1 N–H and O–H groups in total. The van der Waals surface area contributed by atoms with Crippen LogP contribution in [0.1, 0.15) is 6.42 Å². The third-order valence-corrected chi connectivity index (χ3v) is 1.88. The number of rotatable bonds is 3. The molecule has 0 atom stereocenters. The van der Waals surface area contributed by atoms with Gasteiger partial charge in [-0.05, 0) is 18.2 Å². The number of carbonyl (C=O) groups excluding carboxylic acids is 1. The second-order valence-corrected chi connectivity index (χ2v) is 3.38. The monoisotopic (exact) mass is 255 g/mol. The zero-order valence-electron chi connectivity index (χ0n) is 9.00. The Labute approximate surface area is 104 Å². The lowest BCUT2D eigenvalue weighted by Crippen LogP contribution is -2.13. The number of alkyl halides is 1. The molecule has 0 spiro atoms. The molecule has 17 heavy (non-hydrogen) atoms. The number of hydrogen-bond acceptors (Lipinski definition) is 2. The molecule has 0 aromatic heterocycles. The lowest BCUT2D eigenvalue weighted by molar-refractivity contribution is 0.176. The fourth-order valence-corrected chi connectivity index (χ4v) is 1.10. The van der Waals surface area contributed by atoms with E-state index < -0.39 is 11.9 Å². The van der Waals surface area contributed by atoms with E-state index in [-0.39, 0.29) is 6.61 Å². The zero-order chi connectivity index (χ0) is 12.5. The van der Waals surface area contributed by atoms with Crippen LogP contribution < -0.4 is 5.32 Å². The molecular formula is C12H11ClFNO2. The molecule has 3 nitrogen and oxygen atoms in total. The number of halogens is 2. The maximum absolute atomic E-state index is 12.8. The van der Waals surface area contributed by atoms with E-state index in [0.717, 1.165) is 0 Å². The first-order chi connectivity index (χ1) is 8.22. The van der Waals surface area contributed by atoms with Gasteiger partial charge in [-0.25, -0.2) is 9.18 Å². The van der Waals surface area contributed by atoms with Crippen molar-refractivity contribution in [1.29, 1.82) is 0 Å². The standard InChI is InChI=1S/C12H11ClFNO2/c13-7-2-1-3-8-17-12(16)15-11-6-4-5-10(14)9-11/h4-6,9H,2,7-8H2,(H,15,16). The summed E-state index contributed by atoms with van der Waals surface area (Å²) in [5, 5.41) is 2.38. The van der Waals surface area contributed by atoms with Crippen LogP contribution in [0.15, 0.2) is 24.3 Å². The molecule has 0 saturated carbocycles. The van der Waals surface area contributed by atoms with E-state index in [9.17, 15) is 9.18 Å². The molecule has 1 amide bonds. The molecule has 1 aromatic carbocycles. The lowest BCUT2D eigenvalue weighted by Gasteiger charge is -2.04. The van der Waals surface area contributed by atoms with E-state index in [0.29, 0.717) is 18.0 Å². The Morgan fingerprint density at radius 3 is 3.00 bits per heavy atom. The minimum atomic E-state index is -0.671. The van der Waals surface area contributed by atoms with Crippen molar-refractivity contribution in [3.63, 3.8) is 0 Å². The van der Waals surface area contributed by atoms with Gasteiger partial charge in [0.2, 0.25) is 0 Å². The predicted molar refractivity (Wildman–Crippen MR) is 64.5 cm³/mol. The average molecular weight is 256 g/mol. The molecule has 0 aliphatic carbocycles. The van der Waals surface area contributed by atoms with Crippen LogP contribution in [0.5, 0.6) is 0 Å². The summed E-state index contributed by atoms with van der Waals surface area (Å²) in [6, 6.07) is 5.53. The summed E-state index contributed by atoms with van der Waals surface area (Å²) in [5.41, 5.74) is 0.337. The fraction of sp³-hybridized carbons (Fsp3) is 0.250. The van der Waals surface area contributed by atoms with Crippen molar-refractivity contribution in [3.05, 3.63) is 30.1 Å². The van der Waals surface area contributed by atoms with Gasteiger partial charge in [-0.2, -0.15) is 0 Å². The smallest absolute Gasteiger partial charge is 0.412 e. The van der Waals surface area contributed by atoms with E-state index in [1.54, 1.807) is 6.07 Å². The van der Waals surface area contributed by atoms with Crippen molar-refractivity contribution in [2.75, 3.05) is 17.8 Å². The minimum Gasteiger partial charge on any atom is -0.436 e. The van der Waals surface area contributed by atoms with Crippen molar-refractivity contribution in [1.82, 2.24) is 0 Å². The molecule has 0 heterocycles. The van der Waals surface area contributed by atoms with Gasteiger partial charge < -0.3 is 4.74 Å². The van der Waals surface area contributed by atoms with Crippen molar-refractivity contribution >= 4 is 23.4 Å². The topological polar surface area (TPSA) is 38.3 Å². The van der Waals surface area contributed by atoms with E-state index >= 15 is 0 Å². The van der Waals surface area contributed by atoms with Crippen LogP contribution >= 0.6 is 11.6 Å². The molecule has 1 rings (SSSR count). The van der Waals surface area contributed by atoms with Gasteiger partial charge in [-0.3, -0.25) is 5.32 Å². The van der Waals surface area contributed by atoms with Crippen LogP contribution in [-0.2, 0) is 4.74 Å². The molecule has 0 aliphatic heterocycles. The maximum atomic E-state index is 12.8.